The van der Waals surface area contributed by atoms with Crippen LogP contribution in [-0.4, -0.2) is 43.2 Å². The Morgan fingerprint density at radius 2 is 2.00 bits per heavy atom. The van der Waals surface area contributed by atoms with Gasteiger partial charge in [0.1, 0.15) is 6.61 Å². The molecule has 4 heteroatoms. The van der Waals surface area contributed by atoms with Gasteiger partial charge in [-0.15, -0.1) is 0 Å². The zero-order valence-corrected chi connectivity index (χ0v) is 8.91. The van der Waals surface area contributed by atoms with E-state index in [9.17, 15) is 4.79 Å². The SMILES string of the molecule is CC(N)CN(C)C(=O)COC(C)C. The van der Waals surface area contributed by atoms with Crippen molar-refractivity contribution >= 4 is 5.91 Å². The quantitative estimate of drug-likeness (QED) is 0.671. The highest BCUT2D eigenvalue weighted by molar-refractivity contribution is 5.77. The fourth-order valence-corrected chi connectivity index (χ4v) is 0.882. The van der Waals surface area contributed by atoms with E-state index in [1.807, 2.05) is 20.8 Å². The number of hydrogen-bond donors (Lipinski definition) is 1. The molecule has 0 aliphatic carbocycles. The molecule has 4 nitrogen and oxygen atoms in total. The number of amides is 1. The molecule has 1 atom stereocenters. The van der Waals surface area contributed by atoms with Gasteiger partial charge in [0.05, 0.1) is 6.10 Å². The number of nitrogens with zero attached hydrogens (tertiary/aromatic N) is 1. The van der Waals surface area contributed by atoms with Gasteiger partial charge in [0, 0.05) is 19.6 Å². The first-order valence-corrected chi connectivity index (χ1v) is 4.54. The molecule has 1 unspecified atom stereocenters. The summed E-state index contributed by atoms with van der Waals surface area (Å²) < 4.78 is 5.17. The second kappa shape index (κ2) is 5.94. The van der Waals surface area contributed by atoms with Crippen LogP contribution in [0, 0.1) is 0 Å². The van der Waals surface area contributed by atoms with Gasteiger partial charge in [0.25, 0.3) is 0 Å². The second-order valence-corrected chi connectivity index (χ2v) is 3.61. The summed E-state index contributed by atoms with van der Waals surface area (Å²) in [6.45, 7) is 6.38. The highest BCUT2D eigenvalue weighted by Gasteiger charge is 2.10. The number of carbonyl (C=O) groups excluding carboxylic acids is 1. The van der Waals surface area contributed by atoms with Gasteiger partial charge in [-0.25, -0.2) is 0 Å². The number of likely N-dealkylation sites (N-methyl/N-ethyl adjacent to an activating group) is 1. The van der Waals surface area contributed by atoms with Crippen molar-refractivity contribution in [3.63, 3.8) is 0 Å². The zero-order valence-electron chi connectivity index (χ0n) is 8.91. The Labute approximate surface area is 80.0 Å². The lowest BCUT2D eigenvalue weighted by Crippen LogP contribution is -2.39. The van der Waals surface area contributed by atoms with Crippen molar-refractivity contribution < 1.29 is 9.53 Å². The van der Waals surface area contributed by atoms with Crippen molar-refractivity contribution in [2.75, 3.05) is 20.2 Å². The molecule has 0 saturated heterocycles. The van der Waals surface area contributed by atoms with Crippen LogP contribution in [0.15, 0.2) is 0 Å². The predicted molar refractivity (Wildman–Crippen MR) is 52.4 cm³/mol. The molecule has 0 aromatic heterocycles. The minimum atomic E-state index is -0.0222. The summed E-state index contributed by atoms with van der Waals surface area (Å²) in [6.07, 6.45) is 0.0904. The van der Waals surface area contributed by atoms with Gasteiger partial charge >= 0.3 is 0 Å². The molecular weight excluding hydrogens is 168 g/mol. The smallest absolute Gasteiger partial charge is 0.248 e. The largest absolute Gasteiger partial charge is 0.369 e. The first-order valence-electron chi connectivity index (χ1n) is 4.54. The number of nitrogens with two attached hydrogens (primary N) is 1. The third-order valence-corrected chi connectivity index (χ3v) is 1.53. The standard InChI is InChI=1S/C9H20N2O2/c1-7(2)13-6-9(12)11(4)5-8(3)10/h7-8H,5-6,10H2,1-4H3. The molecule has 13 heavy (non-hydrogen) atoms. The van der Waals surface area contributed by atoms with Crippen molar-refractivity contribution in [1.82, 2.24) is 4.90 Å². The number of hydrogen-bond acceptors (Lipinski definition) is 3. The lowest BCUT2D eigenvalue weighted by molar-refractivity contribution is -0.136. The molecule has 78 valence electrons. The number of ether oxygens (including phenoxy) is 1. The summed E-state index contributed by atoms with van der Waals surface area (Å²) in [7, 11) is 1.73. The summed E-state index contributed by atoms with van der Waals surface area (Å²) in [5.41, 5.74) is 5.55. The van der Waals surface area contributed by atoms with Crippen LogP contribution >= 0.6 is 0 Å². The highest BCUT2D eigenvalue weighted by atomic mass is 16.5. The molecule has 0 aliphatic heterocycles. The average Bonchev–Trinajstić information content (AvgIpc) is 1.98. The molecule has 0 fully saturated rings. The third kappa shape index (κ3) is 6.54. The predicted octanol–water partition coefficient (Wildman–Crippen LogP) is 0.217. The van der Waals surface area contributed by atoms with E-state index in [-0.39, 0.29) is 24.7 Å². The van der Waals surface area contributed by atoms with E-state index < -0.39 is 0 Å². The molecule has 0 aromatic carbocycles. The van der Waals surface area contributed by atoms with Gasteiger partial charge in [-0.05, 0) is 20.8 Å². The normalized spacial score (nSPS) is 13.1. The van der Waals surface area contributed by atoms with E-state index in [1.165, 1.54) is 0 Å². The Hall–Kier alpha value is -0.610. The molecule has 0 saturated carbocycles. The van der Waals surface area contributed by atoms with Crippen LogP contribution in [0.25, 0.3) is 0 Å². The second-order valence-electron chi connectivity index (χ2n) is 3.61. The van der Waals surface area contributed by atoms with Gasteiger partial charge in [0.2, 0.25) is 5.91 Å². The van der Waals surface area contributed by atoms with E-state index in [2.05, 4.69) is 0 Å². The topological polar surface area (TPSA) is 55.6 Å². The summed E-state index contributed by atoms with van der Waals surface area (Å²) in [4.78, 5) is 12.9. The maximum Gasteiger partial charge on any atom is 0.248 e. The Balaban J connectivity index is 3.69. The van der Waals surface area contributed by atoms with Gasteiger partial charge in [-0.1, -0.05) is 0 Å². The molecule has 0 heterocycles. The van der Waals surface area contributed by atoms with Crippen molar-refractivity contribution in [3.8, 4) is 0 Å². The fourth-order valence-electron chi connectivity index (χ4n) is 0.882. The summed E-state index contributed by atoms with van der Waals surface area (Å²) in [5.74, 6) is -0.0222. The fraction of sp³-hybridized carbons (Fsp3) is 0.889. The summed E-state index contributed by atoms with van der Waals surface area (Å²) in [5, 5.41) is 0. The van der Waals surface area contributed by atoms with Crippen molar-refractivity contribution in [2.24, 2.45) is 5.73 Å². The Kier molecular flexibility index (Phi) is 5.66. The van der Waals surface area contributed by atoms with Gasteiger partial charge < -0.3 is 15.4 Å². The molecule has 0 aromatic rings. The van der Waals surface area contributed by atoms with Crippen molar-refractivity contribution in [3.05, 3.63) is 0 Å². The molecule has 0 rings (SSSR count). The van der Waals surface area contributed by atoms with Crippen LogP contribution in [0.4, 0.5) is 0 Å². The van der Waals surface area contributed by atoms with E-state index >= 15 is 0 Å². The monoisotopic (exact) mass is 188 g/mol. The molecule has 0 radical (unpaired) electrons. The van der Waals surface area contributed by atoms with Crippen LogP contribution in [0.5, 0.6) is 0 Å². The maximum atomic E-state index is 11.3. The zero-order chi connectivity index (χ0) is 10.4. The van der Waals surface area contributed by atoms with E-state index in [4.69, 9.17) is 10.5 Å². The average molecular weight is 188 g/mol. The lowest BCUT2D eigenvalue weighted by atomic mass is 10.3. The Morgan fingerprint density at radius 3 is 2.38 bits per heavy atom. The van der Waals surface area contributed by atoms with Crippen LogP contribution < -0.4 is 5.73 Å². The Bertz CT molecular complexity index is 158. The van der Waals surface area contributed by atoms with E-state index in [1.54, 1.807) is 11.9 Å². The lowest BCUT2D eigenvalue weighted by Gasteiger charge is -2.19. The van der Waals surface area contributed by atoms with Gasteiger partial charge in [-0.2, -0.15) is 0 Å². The minimum absolute atomic E-state index is 0.00741. The van der Waals surface area contributed by atoms with Gasteiger partial charge in [-0.3, -0.25) is 4.79 Å². The first kappa shape index (κ1) is 12.4. The molecule has 0 spiro atoms. The van der Waals surface area contributed by atoms with Crippen LogP contribution in [-0.2, 0) is 9.53 Å². The van der Waals surface area contributed by atoms with Crippen molar-refractivity contribution in [2.45, 2.75) is 32.9 Å². The molecule has 2 N–H and O–H groups in total. The summed E-state index contributed by atoms with van der Waals surface area (Å²) >= 11 is 0. The van der Waals surface area contributed by atoms with Crippen LogP contribution in [0.3, 0.4) is 0 Å². The number of rotatable bonds is 5. The van der Waals surface area contributed by atoms with E-state index in [0.717, 1.165) is 0 Å². The third-order valence-electron chi connectivity index (χ3n) is 1.53. The molecular formula is C9H20N2O2. The Morgan fingerprint density at radius 1 is 1.46 bits per heavy atom. The number of carbonyl (C=O) groups is 1. The first-order chi connectivity index (χ1) is 5.93. The van der Waals surface area contributed by atoms with Gasteiger partial charge in [0.15, 0.2) is 0 Å². The highest BCUT2D eigenvalue weighted by Crippen LogP contribution is 1.92. The minimum Gasteiger partial charge on any atom is -0.369 e. The molecule has 0 aliphatic rings. The van der Waals surface area contributed by atoms with Crippen LogP contribution in [0.2, 0.25) is 0 Å². The van der Waals surface area contributed by atoms with E-state index in [0.29, 0.717) is 6.54 Å². The maximum absolute atomic E-state index is 11.3. The molecule has 1 amide bonds. The van der Waals surface area contributed by atoms with Crippen LogP contribution in [0.1, 0.15) is 20.8 Å². The molecule has 0 bridgehead atoms. The summed E-state index contributed by atoms with van der Waals surface area (Å²) in [6, 6.07) is 0.00741. The van der Waals surface area contributed by atoms with Crippen molar-refractivity contribution in [1.29, 1.82) is 0 Å².